The number of rotatable bonds is 18. The predicted octanol–water partition coefficient (Wildman–Crippen LogP) is 6.96. The van der Waals surface area contributed by atoms with E-state index in [9.17, 15) is 19.2 Å². The summed E-state index contributed by atoms with van der Waals surface area (Å²) in [5, 5.41) is 8.60. The number of Topliss-reactive ketones (excluding diaryl/α,β-unsaturated/α-hetero) is 2. The molecule has 4 aromatic rings. The second-order valence-electron chi connectivity index (χ2n) is 12.6. The minimum absolute atomic E-state index is 0.0842. The van der Waals surface area contributed by atoms with Gasteiger partial charge in [0.2, 0.25) is 0 Å². The molecular weight excluding hydrogens is 659 g/mol. The van der Waals surface area contributed by atoms with Crippen LogP contribution in [0.15, 0.2) is 77.8 Å². The highest BCUT2D eigenvalue weighted by Gasteiger charge is 2.29. The highest BCUT2D eigenvalue weighted by Crippen LogP contribution is 2.23. The van der Waals surface area contributed by atoms with Gasteiger partial charge in [0.1, 0.15) is 12.6 Å². The summed E-state index contributed by atoms with van der Waals surface area (Å²) >= 11 is 2.96. The van der Waals surface area contributed by atoms with Gasteiger partial charge in [0.25, 0.3) is 0 Å². The topological polar surface area (TPSA) is 131 Å². The molecule has 0 saturated carbocycles. The molecule has 2 aromatic heterocycles. The molecule has 0 fully saturated rings. The van der Waals surface area contributed by atoms with E-state index in [1.807, 2.05) is 66.0 Å². The molecule has 0 aliphatic carbocycles. The van der Waals surface area contributed by atoms with E-state index in [1.165, 1.54) is 23.2 Å². The summed E-state index contributed by atoms with van der Waals surface area (Å²) in [6, 6.07) is 17.7. The van der Waals surface area contributed by atoms with Crippen LogP contribution in [0.25, 0.3) is 0 Å². The van der Waals surface area contributed by atoms with E-state index in [2.05, 4.69) is 34.4 Å². The van der Waals surface area contributed by atoms with Crippen LogP contribution in [-0.4, -0.2) is 57.7 Å². The molecule has 3 atom stereocenters. The number of hydrogen-bond donors (Lipinski definition) is 2. The average Bonchev–Trinajstić information content (AvgIpc) is 3.78. The number of hydrogen-bond acceptors (Lipinski definition) is 9. The average molecular weight is 704 g/mol. The summed E-state index contributed by atoms with van der Waals surface area (Å²) in [5.41, 5.74) is 4.57. The fourth-order valence-electron chi connectivity index (χ4n) is 5.46. The van der Waals surface area contributed by atoms with Crippen molar-refractivity contribution in [2.24, 2.45) is 5.92 Å². The minimum atomic E-state index is -1.27. The predicted molar refractivity (Wildman–Crippen MR) is 193 cm³/mol. The van der Waals surface area contributed by atoms with Crippen molar-refractivity contribution in [2.45, 2.75) is 84.0 Å². The molecule has 12 heteroatoms. The van der Waals surface area contributed by atoms with Gasteiger partial charge >= 0.3 is 12.1 Å². The molecule has 3 amide bonds. The van der Waals surface area contributed by atoms with Gasteiger partial charge in [-0.2, -0.15) is 0 Å². The summed E-state index contributed by atoms with van der Waals surface area (Å²) in [7, 11) is 1.62. The van der Waals surface area contributed by atoms with Crippen LogP contribution in [-0.2, 0) is 40.3 Å². The molecule has 2 heterocycles. The molecule has 0 unspecified atom stereocenters. The first-order chi connectivity index (χ1) is 23.6. The van der Waals surface area contributed by atoms with Crippen LogP contribution < -0.4 is 10.6 Å². The molecule has 0 aliphatic heterocycles. The SMILES string of the molecule is CC(=O)[C@H](NC(=O)N(C)Cc1csc(C(C)C)n1)C(=O)C[C@H](CC[C@H](Cc1ccccc1)NC(=O)OCc1cncs1)Cc1ccccc1. The number of amides is 3. The van der Waals surface area contributed by atoms with Crippen molar-refractivity contribution in [2.75, 3.05) is 7.05 Å². The molecule has 0 bridgehead atoms. The highest BCUT2D eigenvalue weighted by atomic mass is 32.1. The maximum Gasteiger partial charge on any atom is 0.407 e. The number of thiazole rings is 2. The standard InChI is InChI=1S/C37H45N5O5S2/c1-25(2)35-39-31(23-48-35)21-42(4)36(45)41-34(26(3)43)33(44)19-29(17-27-11-7-5-8-12-27)15-16-30(18-28-13-9-6-10-14-28)40-37(46)47-22-32-20-38-24-49-32/h5-14,20,23-25,29-30,34H,15-19,21-22H2,1-4H3,(H,40,46)(H,41,45)/t29-,30-,34+/m1/s1. The lowest BCUT2D eigenvalue weighted by atomic mass is 9.86. The fraction of sp³-hybridized carbons (Fsp3) is 0.405. The van der Waals surface area contributed by atoms with Crippen LogP contribution in [0.4, 0.5) is 9.59 Å². The number of benzene rings is 2. The zero-order valence-corrected chi connectivity index (χ0v) is 30.1. The van der Waals surface area contributed by atoms with Gasteiger partial charge in [-0.25, -0.2) is 14.6 Å². The number of carbonyl (C=O) groups excluding carboxylic acids is 4. The Bertz CT molecular complexity index is 1630. The molecule has 0 aliphatic rings. The third-order valence-electron chi connectivity index (χ3n) is 8.06. The lowest BCUT2D eigenvalue weighted by Crippen LogP contribution is -2.50. The second-order valence-corrected chi connectivity index (χ2v) is 14.4. The van der Waals surface area contributed by atoms with Gasteiger partial charge in [-0.05, 0) is 49.7 Å². The maximum absolute atomic E-state index is 13.7. The Kier molecular flexibility index (Phi) is 14.5. The molecule has 2 N–H and O–H groups in total. The summed E-state index contributed by atoms with van der Waals surface area (Å²) in [4.78, 5) is 63.3. The normalized spacial score (nSPS) is 12.9. The van der Waals surface area contributed by atoms with Gasteiger partial charge in [0, 0.05) is 37.0 Å². The third kappa shape index (κ3) is 12.5. The van der Waals surface area contributed by atoms with Crippen molar-refractivity contribution in [3.63, 3.8) is 0 Å². The van der Waals surface area contributed by atoms with E-state index < -0.39 is 23.9 Å². The Hall–Kier alpha value is -4.42. The Morgan fingerprint density at radius 3 is 2.16 bits per heavy atom. The molecule has 4 rings (SSSR count). The quantitative estimate of drug-likeness (QED) is 0.107. The number of alkyl carbamates (subject to hydrolysis) is 1. The van der Waals surface area contributed by atoms with Crippen molar-refractivity contribution >= 4 is 46.4 Å². The summed E-state index contributed by atoms with van der Waals surface area (Å²) in [5.74, 6) is -0.631. The van der Waals surface area contributed by atoms with Crippen molar-refractivity contribution in [3.8, 4) is 0 Å². The van der Waals surface area contributed by atoms with E-state index in [-0.39, 0.29) is 43.2 Å². The Labute approximate surface area is 296 Å². The molecule has 10 nitrogen and oxygen atoms in total. The van der Waals surface area contributed by atoms with Crippen molar-refractivity contribution in [1.82, 2.24) is 25.5 Å². The first-order valence-electron chi connectivity index (χ1n) is 16.4. The molecule has 260 valence electrons. The minimum Gasteiger partial charge on any atom is -0.444 e. The van der Waals surface area contributed by atoms with E-state index in [4.69, 9.17) is 4.74 Å². The molecular formula is C37H45N5O5S2. The summed E-state index contributed by atoms with van der Waals surface area (Å²) in [6.07, 6.45) is 3.57. The Morgan fingerprint density at radius 2 is 1.57 bits per heavy atom. The number of ketones is 2. The van der Waals surface area contributed by atoms with Crippen LogP contribution in [0.1, 0.15) is 72.7 Å². The van der Waals surface area contributed by atoms with Crippen LogP contribution in [0, 0.1) is 5.92 Å². The lowest BCUT2D eigenvalue weighted by molar-refractivity contribution is -0.129. The zero-order valence-electron chi connectivity index (χ0n) is 28.5. The Morgan fingerprint density at radius 1 is 0.898 bits per heavy atom. The van der Waals surface area contributed by atoms with Crippen LogP contribution >= 0.6 is 22.7 Å². The Balaban J connectivity index is 1.43. The number of ether oxygens (including phenoxy) is 1. The van der Waals surface area contributed by atoms with E-state index in [0.717, 1.165) is 26.7 Å². The number of carbonyl (C=O) groups is 4. The first kappa shape index (κ1) is 37.4. The van der Waals surface area contributed by atoms with Gasteiger partial charge in [-0.15, -0.1) is 22.7 Å². The van der Waals surface area contributed by atoms with Gasteiger partial charge in [-0.1, -0.05) is 74.5 Å². The fourth-order valence-corrected chi connectivity index (χ4v) is 6.79. The third-order valence-corrected chi connectivity index (χ3v) is 10.0. The van der Waals surface area contributed by atoms with Gasteiger partial charge < -0.3 is 20.3 Å². The monoisotopic (exact) mass is 703 g/mol. The largest absolute Gasteiger partial charge is 0.444 e. The maximum atomic E-state index is 13.7. The van der Waals surface area contributed by atoms with Gasteiger partial charge in [-0.3, -0.25) is 14.6 Å². The molecule has 2 aromatic carbocycles. The summed E-state index contributed by atoms with van der Waals surface area (Å²) in [6.45, 7) is 5.84. The number of nitrogens with one attached hydrogen (secondary N) is 2. The van der Waals surface area contributed by atoms with Crippen LogP contribution in [0.2, 0.25) is 0 Å². The van der Waals surface area contributed by atoms with Crippen LogP contribution in [0.5, 0.6) is 0 Å². The summed E-state index contributed by atoms with van der Waals surface area (Å²) < 4.78 is 5.47. The molecule has 0 spiro atoms. The number of nitrogens with zero attached hydrogens (tertiary/aromatic N) is 3. The van der Waals surface area contributed by atoms with Crippen LogP contribution in [0.3, 0.4) is 0 Å². The number of urea groups is 1. The van der Waals surface area contributed by atoms with E-state index >= 15 is 0 Å². The van der Waals surface area contributed by atoms with Crippen molar-refractivity contribution < 1.29 is 23.9 Å². The number of aromatic nitrogens is 2. The van der Waals surface area contributed by atoms with E-state index in [0.29, 0.717) is 25.7 Å². The molecule has 0 saturated heterocycles. The van der Waals surface area contributed by atoms with Gasteiger partial charge in [0.15, 0.2) is 11.6 Å². The molecule has 49 heavy (non-hydrogen) atoms. The van der Waals surface area contributed by atoms with Crippen molar-refractivity contribution in [1.29, 1.82) is 0 Å². The highest BCUT2D eigenvalue weighted by molar-refractivity contribution is 7.09. The zero-order chi connectivity index (χ0) is 35.2. The first-order valence-corrected chi connectivity index (χ1v) is 18.2. The smallest absolute Gasteiger partial charge is 0.407 e. The van der Waals surface area contributed by atoms with E-state index in [1.54, 1.807) is 30.1 Å². The van der Waals surface area contributed by atoms with Crippen molar-refractivity contribution in [3.05, 3.63) is 104 Å². The molecule has 0 radical (unpaired) electrons. The second kappa shape index (κ2) is 18.9. The van der Waals surface area contributed by atoms with Gasteiger partial charge in [0.05, 0.1) is 27.6 Å². The lowest BCUT2D eigenvalue weighted by Gasteiger charge is -2.25.